The van der Waals surface area contributed by atoms with Gasteiger partial charge in [-0.25, -0.2) is 0 Å². The summed E-state index contributed by atoms with van der Waals surface area (Å²) < 4.78 is 0. The van der Waals surface area contributed by atoms with Gasteiger partial charge in [-0.15, -0.1) is 0 Å². The van der Waals surface area contributed by atoms with Crippen molar-refractivity contribution >= 4 is 5.97 Å². The quantitative estimate of drug-likeness (QED) is 0.903. The van der Waals surface area contributed by atoms with E-state index in [0.717, 1.165) is 12.1 Å². The Morgan fingerprint density at radius 2 is 2.05 bits per heavy atom. The van der Waals surface area contributed by atoms with Crippen LogP contribution in [0.15, 0.2) is 24.3 Å². The van der Waals surface area contributed by atoms with Crippen molar-refractivity contribution < 1.29 is 9.90 Å². The van der Waals surface area contributed by atoms with Gasteiger partial charge < -0.3 is 5.11 Å². The molecule has 0 bridgehead atoms. The molecule has 1 heterocycles. The van der Waals surface area contributed by atoms with Crippen LogP contribution in [-0.2, 0) is 4.79 Å². The highest BCUT2D eigenvalue weighted by molar-refractivity contribution is 5.68. The molecule has 2 rings (SSSR count). The van der Waals surface area contributed by atoms with Gasteiger partial charge in [0.25, 0.3) is 0 Å². The normalized spacial score (nSPS) is 22.1. The molecular formula is C16H23NO2. The highest BCUT2D eigenvalue weighted by atomic mass is 16.4. The number of hydrogen-bond acceptors (Lipinski definition) is 2. The van der Waals surface area contributed by atoms with Gasteiger partial charge in [-0.1, -0.05) is 36.2 Å². The van der Waals surface area contributed by atoms with Gasteiger partial charge in [0.05, 0.1) is 6.42 Å². The third kappa shape index (κ3) is 3.57. The molecule has 0 aromatic heterocycles. The lowest BCUT2D eigenvalue weighted by molar-refractivity contribution is -0.138. The van der Waals surface area contributed by atoms with E-state index in [-0.39, 0.29) is 12.5 Å². The predicted molar refractivity (Wildman–Crippen MR) is 76.2 cm³/mol. The Morgan fingerprint density at radius 3 is 2.63 bits per heavy atom. The molecule has 0 saturated carbocycles. The molecule has 0 spiro atoms. The van der Waals surface area contributed by atoms with Gasteiger partial charge in [0.1, 0.15) is 0 Å². The van der Waals surface area contributed by atoms with Crippen LogP contribution in [0.1, 0.15) is 49.8 Å². The number of aryl methyl sites for hydroxylation is 1. The number of carbonyl (C=O) groups is 1. The highest BCUT2D eigenvalue weighted by Crippen LogP contribution is 2.31. The number of carboxylic acid groups (broad SMARTS) is 1. The number of piperidine rings is 1. The molecule has 3 nitrogen and oxygen atoms in total. The van der Waals surface area contributed by atoms with E-state index in [0.29, 0.717) is 6.04 Å². The fraction of sp³-hybridized carbons (Fsp3) is 0.562. The lowest BCUT2D eigenvalue weighted by Crippen LogP contribution is -2.41. The topological polar surface area (TPSA) is 40.5 Å². The van der Waals surface area contributed by atoms with Crippen LogP contribution < -0.4 is 0 Å². The van der Waals surface area contributed by atoms with Crippen molar-refractivity contribution in [2.45, 2.75) is 51.6 Å². The fourth-order valence-electron chi connectivity index (χ4n) is 2.96. The van der Waals surface area contributed by atoms with Crippen LogP contribution in [-0.4, -0.2) is 28.6 Å². The summed E-state index contributed by atoms with van der Waals surface area (Å²) in [5.41, 5.74) is 2.34. The average molecular weight is 261 g/mol. The average Bonchev–Trinajstić information content (AvgIpc) is 2.38. The van der Waals surface area contributed by atoms with Crippen molar-refractivity contribution in [2.75, 3.05) is 6.54 Å². The third-order valence-corrected chi connectivity index (χ3v) is 4.08. The molecule has 1 aliphatic heterocycles. The van der Waals surface area contributed by atoms with Crippen molar-refractivity contribution in [1.29, 1.82) is 0 Å². The second-order valence-corrected chi connectivity index (χ2v) is 5.61. The number of hydrogen-bond donors (Lipinski definition) is 1. The lowest BCUT2D eigenvalue weighted by Gasteiger charge is -2.39. The predicted octanol–water partition coefficient (Wildman–Crippen LogP) is 3.39. The number of likely N-dealkylation sites (tertiary alicyclic amines) is 1. The molecule has 1 N–H and O–H groups in total. The SMILES string of the molecule is Cc1ccc(C(CC(=O)O)N2CCCCC2C)cc1. The molecule has 2 unspecified atom stereocenters. The zero-order valence-electron chi connectivity index (χ0n) is 11.8. The summed E-state index contributed by atoms with van der Waals surface area (Å²) in [6.45, 7) is 5.27. The number of rotatable bonds is 4. The summed E-state index contributed by atoms with van der Waals surface area (Å²) in [5.74, 6) is -0.719. The van der Waals surface area contributed by atoms with Crippen molar-refractivity contribution in [1.82, 2.24) is 4.90 Å². The van der Waals surface area contributed by atoms with Crippen LogP contribution in [0.25, 0.3) is 0 Å². The number of benzene rings is 1. The molecule has 0 radical (unpaired) electrons. The Balaban J connectivity index is 2.24. The van der Waals surface area contributed by atoms with E-state index < -0.39 is 5.97 Å². The molecular weight excluding hydrogens is 238 g/mol. The second-order valence-electron chi connectivity index (χ2n) is 5.61. The van der Waals surface area contributed by atoms with Crippen molar-refractivity contribution in [3.8, 4) is 0 Å². The first-order chi connectivity index (χ1) is 9.08. The van der Waals surface area contributed by atoms with Crippen LogP contribution in [0.4, 0.5) is 0 Å². The van der Waals surface area contributed by atoms with Crippen molar-refractivity contribution in [3.05, 3.63) is 35.4 Å². The molecule has 1 aromatic rings. The lowest BCUT2D eigenvalue weighted by atomic mass is 9.95. The van der Waals surface area contributed by atoms with Crippen LogP contribution in [0.5, 0.6) is 0 Å². The standard InChI is InChI=1S/C16H23NO2/c1-12-6-8-14(9-7-12)15(11-16(18)19)17-10-4-3-5-13(17)2/h6-9,13,15H,3-5,10-11H2,1-2H3,(H,18,19). The molecule has 1 aromatic carbocycles. The summed E-state index contributed by atoms with van der Waals surface area (Å²) in [5, 5.41) is 9.19. The Bertz CT molecular complexity index is 427. The summed E-state index contributed by atoms with van der Waals surface area (Å²) in [6.07, 6.45) is 3.78. The van der Waals surface area contributed by atoms with Crippen LogP contribution in [0.2, 0.25) is 0 Å². The summed E-state index contributed by atoms with van der Waals surface area (Å²) in [4.78, 5) is 13.5. The maximum atomic E-state index is 11.2. The first kappa shape index (κ1) is 14.1. The fourth-order valence-corrected chi connectivity index (χ4v) is 2.96. The Morgan fingerprint density at radius 1 is 1.37 bits per heavy atom. The van der Waals surface area contributed by atoms with E-state index in [1.54, 1.807) is 0 Å². The third-order valence-electron chi connectivity index (χ3n) is 4.08. The van der Waals surface area contributed by atoms with Crippen molar-refractivity contribution in [3.63, 3.8) is 0 Å². The number of aliphatic carboxylic acids is 1. The second kappa shape index (κ2) is 6.20. The minimum Gasteiger partial charge on any atom is -0.481 e. The Labute approximate surface area is 115 Å². The molecule has 1 fully saturated rings. The van der Waals surface area contributed by atoms with Gasteiger partial charge in [0.2, 0.25) is 0 Å². The van der Waals surface area contributed by atoms with Crippen LogP contribution >= 0.6 is 0 Å². The van der Waals surface area contributed by atoms with E-state index in [4.69, 9.17) is 0 Å². The maximum Gasteiger partial charge on any atom is 0.305 e. The summed E-state index contributed by atoms with van der Waals surface area (Å²) >= 11 is 0. The highest BCUT2D eigenvalue weighted by Gasteiger charge is 2.28. The van der Waals surface area contributed by atoms with Gasteiger partial charge in [0.15, 0.2) is 0 Å². The molecule has 1 aliphatic rings. The molecule has 0 aliphatic carbocycles. The molecule has 104 valence electrons. The minimum absolute atomic E-state index is 0.00778. The molecule has 1 saturated heterocycles. The van der Waals surface area contributed by atoms with E-state index in [1.807, 2.05) is 0 Å². The molecule has 3 heteroatoms. The Kier molecular flexibility index (Phi) is 4.59. The molecule has 0 amide bonds. The van der Waals surface area contributed by atoms with E-state index in [9.17, 15) is 9.90 Å². The number of nitrogens with zero attached hydrogens (tertiary/aromatic N) is 1. The van der Waals surface area contributed by atoms with Crippen LogP contribution in [0, 0.1) is 6.92 Å². The molecule has 2 atom stereocenters. The van der Waals surface area contributed by atoms with Crippen LogP contribution in [0.3, 0.4) is 0 Å². The van der Waals surface area contributed by atoms with Gasteiger partial charge >= 0.3 is 5.97 Å². The van der Waals surface area contributed by atoms with Crippen molar-refractivity contribution in [2.24, 2.45) is 0 Å². The maximum absolute atomic E-state index is 11.2. The monoisotopic (exact) mass is 261 g/mol. The first-order valence-corrected chi connectivity index (χ1v) is 7.12. The van der Waals surface area contributed by atoms with Gasteiger partial charge in [-0.05, 0) is 38.8 Å². The number of carboxylic acids is 1. The zero-order valence-corrected chi connectivity index (χ0v) is 11.8. The van der Waals surface area contributed by atoms with Gasteiger partial charge in [0, 0.05) is 12.1 Å². The van der Waals surface area contributed by atoms with E-state index in [1.165, 1.54) is 24.8 Å². The first-order valence-electron chi connectivity index (χ1n) is 7.12. The summed E-state index contributed by atoms with van der Waals surface area (Å²) in [7, 11) is 0. The molecule has 19 heavy (non-hydrogen) atoms. The Hall–Kier alpha value is -1.35. The van der Waals surface area contributed by atoms with Gasteiger partial charge in [-0.2, -0.15) is 0 Å². The van der Waals surface area contributed by atoms with Gasteiger partial charge in [-0.3, -0.25) is 9.69 Å². The van der Waals surface area contributed by atoms with E-state index in [2.05, 4.69) is 43.0 Å². The smallest absolute Gasteiger partial charge is 0.305 e. The largest absolute Gasteiger partial charge is 0.481 e. The zero-order chi connectivity index (χ0) is 13.8. The van der Waals surface area contributed by atoms with E-state index >= 15 is 0 Å². The summed E-state index contributed by atoms with van der Waals surface area (Å²) in [6, 6.07) is 8.76. The minimum atomic E-state index is -0.719.